The van der Waals surface area contributed by atoms with Crippen molar-refractivity contribution in [1.82, 2.24) is 10.1 Å². The van der Waals surface area contributed by atoms with Gasteiger partial charge >= 0.3 is 0 Å². The van der Waals surface area contributed by atoms with E-state index >= 15 is 0 Å². The fraction of sp³-hybridized carbons (Fsp3) is 0.312. The van der Waals surface area contributed by atoms with E-state index < -0.39 is 0 Å². The highest BCUT2D eigenvalue weighted by Crippen LogP contribution is 2.17. The van der Waals surface area contributed by atoms with Gasteiger partial charge in [-0.05, 0) is 19.9 Å². The van der Waals surface area contributed by atoms with Gasteiger partial charge in [-0.25, -0.2) is 4.39 Å². The summed E-state index contributed by atoms with van der Waals surface area (Å²) in [5.74, 6) is 0.630. The van der Waals surface area contributed by atoms with E-state index in [1.807, 2.05) is 26.0 Å². The lowest BCUT2D eigenvalue weighted by atomic mass is 10.1. The lowest BCUT2D eigenvalue weighted by molar-refractivity contribution is 0.279. The maximum absolute atomic E-state index is 13.7. The zero-order valence-corrected chi connectivity index (χ0v) is 11.9. The number of benzene rings is 1. The van der Waals surface area contributed by atoms with Gasteiger partial charge in [0.05, 0.1) is 5.69 Å². The van der Waals surface area contributed by atoms with Gasteiger partial charge in [-0.1, -0.05) is 29.4 Å². The summed E-state index contributed by atoms with van der Waals surface area (Å²) in [7, 11) is 0. The van der Waals surface area contributed by atoms with Gasteiger partial charge in [0, 0.05) is 30.8 Å². The van der Waals surface area contributed by atoms with Gasteiger partial charge in [0.25, 0.3) is 0 Å². The number of hydrogen-bond acceptors (Lipinski definition) is 3. The molecule has 0 bridgehead atoms. The van der Waals surface area contributed by atoms with Crippen LogP contribution in [0, 0.1) is 19.7 Å². The van der Waals surface area contributed by atoms with Crippen LogP contribution in [0.3, 0.4) is 0 Å². The molecule has 0 atom stereocenters. The van der Waals surface area contributed by atoms with E-state index in [-0.39, 0.29) is 5.82 Å². The van der Waals surface area contributed by atoms with Crippen molar-refractivity contribution in [3.63, 3.8) is 0 Å². The van der Waals surface area contributed by atoms with Crippen molar-refractivity contribution in [2.24, 2.45) is 0 Å². The third-order valence-electron chi connectivity index (χ3n) is 3.30. The Morgan fingerprint density at radius 1 is 1.30 bits per heavy atom. The molecule has 0 aliphatic heterocycles. The molecule has 0 fully saturated rings. The fourth-order valence-corrected chi connectivity index (χ4v) is 2.19. The van der Waals surface area contributed by atoms with Crippen molar-refractivity contribution >= 4 is 0 Å². The Bertz CT molecular complexity index is 572. The second-order valence-electron chi connectivity index (χ2n) is 4.85. The van der Waals surface area contributed by atoms with Gasteiger partial charge < -0.3 is 4.52 Å². The Morgan fingerprint density at radius 2 is 2.05 bits per heavy atom. The number of hydrogen-bond donors (Lipinski definition) is 0. The molecule has 0 amide bonds. The second-order valence-corrected chi connectivity index (χ2v) is 4.85. The zero-order valence-electron chi connectivity index (χ0n) is 11.9. The lowest BCUT2D eigenvalue weighted by Crippen LogP contribution is -2.24. The SMILES string of the molecule is C=CCN(Cc1ccccc1F)Cc1c(C)noc1C. The number of nitrogens with zero attached hydrogens (tertiary/aromatic N) is 2. The average molecular weight is 274 g/mol. The largest absolute Gasteiger partial charge is 0.361 e. The van der Waals surface area contributed by atoms with Crippen LogP contribution >= 0.6 is 0 Å². The van der Waals surface area contributed by atoms with Crippen molar-refractivity contribution in [3.05, 3.63) is 65.3 Å². The predicted octanol–water partition coefficient (Wildman–Crippen LogP) is 3.62. The van der Waals surface area contributed by atoms with Crippen LogP contribution in [0.5, 0.6) is 0 Å². The molecule has 0 radical (unpaired) electrons. The Labute approximate surface area is 118 Å². The molecule has 2 rings (SSSR count). The van der Waals surface area contributed by atoms with Crippen LogP contribution in [0.1, 0.15) is 22.6 Å². The average Bonchev–Trinajstić information content (AvgIpc) is 2.73. The van der Waals surface area contributed by atoms with Gasteiger partial charge in [0.15, 0.2) is 0 Å². The minimum Gasteiger partial charge on any atom is -0.361 e. The van der Waals surface area contributed by atoms with Crippen LogP contribution in [-0.4, -0.2) is 16.6 Å². The maximum Gasteiger partial charge on any atom is 0.138 e. The number of aryl methyl sites for hydroxylation is 2. The topological polar surface area (TPSA) is 29.3 Å². The Morgan fingerprint density at radius 3 is 2.65 bits per heavy atom. The molecule has 0 unspecified atom stereocenters. The van der Waals surface area contributed by atoms with Gasteiger partial charge in [0.2, 0.25) is 0 Å². The van der Waals surface area contributed by atoms with Crippen LogP contribution in [0.15, 0.2) is 41.4 Å². The van der Waals surface area contributed by atoms with Crippen molar-refractivity contribution in [2.75, 3.05) is 6.54 Å². The molecule has 1 heterocycles. The van der Waals surface area contributed by atoms with Crippen molar-refractivity contribution < 1.29 is 8.91 Å². The molecule has 1 aromatic heterocycles. The number of halogens is 1. The Balaban J connectivity index is 2.16. The molecule has 0 aliphatic rings. The van der Waals surface area contributed by atoms with E-state index in [9.17, 15) is 4.39 Å². The van der Waals surface area contributed by atoms with Crippen LogP contribution in [0.4, 0.5) is 4.39 Å². The first-order valence-corrected chi connectivity index (χ1v) is 6.60. The molecule has 0 N–H and O–H groups in total. The zero-order chi connectivity index (χ0) is 14.5. The van der Waals surface area contributed by atoms with Crippen LogP contribution < -0.4 is 0 Å². The van der Waals surface area contributed by atoms with Crippen molar-refractivity contribution in [3.8, 4) is 0 Å². The molecule has 0 saturated heterocycles. The predicted molar refractivity (Wildman–Crippen MR) is 76.7 cm³/mol. The summed E-state index contributed by atoms with van der Waals surface area (Å²) in [5.41, 5.74) is 2.62. The van der Waals surface area contributed by atoms with Crippen molar-refractivity contribution in [2.45, 2.75) is 26.9 Å². The molecule has 0 saturated carbocycles. The Hall–Kier alpha value is -1.94. The highest BCUT2D eigenvalue weighted by molar-refractivity contribution is 5.22. The van der Waals surface area contributed by atoms with E-state index in [4.69, 9.17) is 4.52 Å². The van der Waals surface area contributed by atoms with Gasteiger partial charge in [0.1, 0.15) is 11.6 Å². The molecule has 20 heavy (non-hydrogen) atoms. The fourth-order valence-electron chi connectivity index (χ4n) is 2.19. The first-order valence-electron chi connectivity index (χ1n) is 6.60. The second kappa shape index (κ2) is 6.48. The van der Waals surface area contributed by atoms with E-state index in [0.29, 0.717) is 25.2 Å². The molecule has 3 nitrogen and oxygen atoms in total. The summed E-state index contributed by atoms with van der Waals surface area (Å²) in [6.45, 7) is 9.45. The smallest absolute Gasteiger partial charge is 0.138 e. The van der Waals surface area contributed by atoms with E-state index in [2.05, 4.69) is 16.6 Å². The molecule has 2 aromatic rings. The van der Waals surface area contributed by atoms with Crippen molar-refractivity contribution in [1.29, 1.82) is 0 Å². The molecule has 4 heteroatoms. The van der Waals surface area contributed by atoms with Gasteiger partial charge in [-0.2, -0.15) is 0 Å². The summed E-state index contributed by atoms with van der Waals surface area (Å²) in [4.78, 5) is 2.11. The molecule has 106 valence electrons. The first-order chi connectivity index (χ1) is 9.61. The highest BCUT2D eigenvalue weighted by atomic mass is 19.1. The van der Waals surface area contributed by atoms with E-state index in [1.54, 1.807) is 12.1 Å². The summed E-state index contributed by atoms with van der Waals surface area (Å²) in [6.07, 6.45) is 1.82. The lowest BCUT2D eigenvalue weighted by Gasteiger charge is -2.21. The molecular formula is C16H19FN2O. The van der Waals surface area contributed by atoms with E-state index in [0.717, 1.165) is 17.0 Å². The highest BCUT2D eigenvalue weighted by Gasteiger charge is 2.14. The van der Waals surface area contributed by atoms with Crippen LogP contribution in [0.2, 0.25) is 0 Å². The standard InChI is InChI=1S/C16H19FN2O/c1-4-9-19(10-14-7-5-6-8-16(14)17)11-15-12(2)18-20-13(15)3/h4-8H,1,9-11H2,2-3H3. The number of rotatable bonds is 6. The minimum absolute atomic E-state index is 0.180. The monoisotopic (exact) mass is 274 g/mol. The Kier molecular flexibility index (Phi) is 4.69. The summed E-state index contributed by atoms with van der Waals surface area (Å²) >= 11 is 0. The number of aromatic nitrogens is 1. The van der Waals surface area contributed by atoms with Gasteiger partial charge in [-0.15, -0.1) is 6.58 Å². The molecule has 1 aromatic carbocycles. The van der Waals surface area contributed by atoms with Gasteiger partial charge in [-0.3, -0.25) is 4.90 Å². The van der Waals surface area contributed by atoms with E-state index in [1.165, 1.54) is 6.07 Å². The summed E-state index contributed by atoms with van der Waals surface area (Å²) in [5, 5.41) is 3.95. The minimum atomic E-state index is -0.180. The summed E-state index contributed by atoms with van der Waals surface area (Å²) < 4.78 is 18.9. The molecular weight excluding hydrogens is 255 g/mol. The van der Waals surface area contributed by atoms with Crippen LogP contribution in [-0.2, 0) is 13.1 Å². The third kappa shape index (κ3) is 3.33. The third-order valence-corrected chi connectivity index (χ3v) is 3.30. The summed E-state index contributed by atoms with van der Waals surface area (Å²) in [6, 6.07) is 6.83. The quantitative estimate of drug-likeness (QED) is 0.753. The first kappa shape index (κ1) is 14.5. The molecule has 0 aliphatic carbocycles. The normalized spacial score (nSPS) is 11.0. The molecule has 0 spiro atoms. The maximum atomic E-state index is 13.7. The van der Waals surface area contributed by atoms with Crippen LogP contribution in [0.25, 0.3) is 0 Å².